The number of benzene rings is 4. The van der Waals surface area contributed by atoms with Crippen molar-refractivity contribution < 1.29 is 0 Å². The van der Waals surface area contributed by atoms with Crippen LogP contribution in [0.5, 0.6) is 0 Å². The van der Waals surface area contributed by atoms with Crippen molar-refractivity contribution in [1.29, 1.82) is 0 Å². The maximum absolute atomic E-state index is 2.65. The molecule has 4 aromatic carbocycles. The van der Waals surface area contributed by atoms with Crippen LogP contribution in [-0.2, 0) is 0 Å². The summed E-state index contributed by atoms with van der Waals surface area (Å²) in [5, 5.41) is 7.29. The van der Waals surface area contributed by atoms with Gasteiger partial charge in [-0.1, -0.05) is 135 Å². The van der Waals surface area contributed by atoms with Crippen LogP contribution < -0.4 is 21.2 Å². The van der Waals surface area contributed by atoms with Crippen LogP contribution in [0.25, 0.3) is 0 Å². The minimum atomic E-state index is -0.581. The predicted molar refractivity (Wildman–Crippen MR) is 150 cm³/mol. The second-order valence-corrected chi connectivity index (χ2v) is 12.9. The summed E-state index contributed by atoms with van der Waals surface area (Å²) in [5.41, 5.74) is 0. The van der Waals surface area contributed by atoms with Crippen molar-refractivity contribution in [2.24, 2.45) is 5.92 Å². The molecule has 0 fully saturated rings. The average Bonchev–Trinajstić information content (AvgIpc) is 2.88. The molecule has 0 nitrogen and oxygen atoms in total. The summed E-state index contributed by atoms with van der Waals surface area (Å²) in [6.45, 7) is 4.67. The molecule has 0 aromatic heterocycles. The standard InChI is InChI=1S/C31H32P2/c1-26(2)23-24-31(33(29-19-11-5-12-20-29)30-21-13-6-14-22-30)25-32(27-15-7-3-8-16-27)28-17-9-4-10-18-28/h3-22,25-26H,23-24H2,1-2H3/b31-25+. The molecule has 0 unspecified atom stereocenters. The Bertz CT molecular complexity index is 1040. The first kappa shape index (κ1) is 23.6. The SMILES string of the molecule is CC(C)CC/C(=C\P(c1ccccc1)c1ccccc1)P(c1ccccc1)c1ccccc1. The molecule has 0 radical (unpaired) electrons. The molecule has 0 aliphatic heterocycles. The number of allylic oxidation sites excluding steroid dienone is 1. The maximum Gasteiger partial charge on any atom is -0.0154 e. The lowest BCUT2D eigenvalue weighted by molar-refractivity contribution is 0.592. The summed E-state index contributed by atoms with van der Waals surface area (Å²) in [6.07, 6.45) is 2.34. The van der Waals surface area contributed by atoms with Crippen LogP contribution in [0.15, 0.2) is 132 Å². The van der Waals surface area contributed by atoms with E-state index in [0.717, 1.165) is 6.42 Å². The molecular weight excluding hydrogens is 434 g/mol. The largest absolute Gasteiger partial charge is 0.0628 e. The van der Waals surface area contributed by atoms with Gasteiger partial charge in [0.2, 0.25) is 0 Å². The summed E-state index contributed by atoms with van der Waals surface area (Å²) in [4.78, 5) is 0. The van der Waals surface area contributed by atoms with Gasteiger partial charge >= 0.3 is 0 Å². The van der Waals surface area contributed by atoms with Crippen LogP contribution in [0.2, 0.25) is 0 Å². The monoisotopic (exact) mass is 466 g/mol. The van der Waals surface area contributed by atoms with Gasteiger partial charge in [0, 0.05) is 0 Å². The summed E-state index contributed by atoms with van der Waals surface area (Å²) >= 11 is 0. The highest BCUT2D eigenvalue weighted by molar-refractivity contribution is 7.80. The first-order chi connectivity index (χ1) is 16.2. The highest BCUT2D eigenvalue weighted by Gasteiger charge is 2.21. The Hall–Kier alpha value is -2.52. The third-order valence-electron chi connectivity index (χ3n) is 5.64. The van der Waals surface area contributed by atoms with Gasteiger partial charge in [-0.25, -0.2) is 0 Å². The van der Waals surface area contributed by atoms with Gasteiger partial charge in [-0.3, -0.25) is 0 Å². The second kappa shape index (κ2) is 12.1. The van der Waals surface area contributed by atoms with Crippen molar-refractivity contribution >= 4 is 37.1 Å². The van der Waals surface area contributed by atoms with E-state index in [1.54, 1.807) is 5.31 Å². The minimum Gasteiger partial charge on any atom is -0.0628 e. The van der Waals surface area contributed by atoms with Gasteiger partial charge in [0.05, 0.1) is 0 Å². The summed E-state index contributed by atoms with van der Waals surface area (Å²) < 4.78 is 0. The third kappa shape index (κ3) is 6.51. The molecule has 0 saturated carbocycles. The molecule has 4 aromatic rings. The Kier molecular flexibility index (Phi) is 8.65. The molecule has 0 aliphatic carbocycles. The lowest BCUT2D eigenvalue weighted by Gasteiger charge is -2.26. The van der Waals surface area contributed by atoms with Crippen LogP contribution in [0.1, 0.15) is 26.7 Å². The van der Waals surface area contributed by atoms with Gasteiger partial charge in [0.25, 0.3) is 0 Å². The molecule has 33 heavy (non-hydrogen) atoms. The molecule has 4 rings (SSSR count). The Labute approximate surface area is 201 Å². The zero-order chi connectivity index (χ0) is 22.9. The van der Waals surface area contributed by atoms with E-state index in [2.05, 4.69) is 141 Å². The molecule has 0 bridgehead atoms. The van der Waals surface area contributed by atoms with Crippen molar-refractivity contribution in [3.8, 4) is 0 Å². The second-order valence-electron chi connectivity index (χ2n) is 8.60. The molecule has 0 spiro atoms. The Balaban J connectivity index is 1.88. The third-order valence-corrected chi connectivity index (χ3v) is 10.7. The van der Waals surface area contributed by atoms with E-state index >= 15 is 0 Å². The van der Waals surface area contributed by atoms with Crippen LogP contribution in [0.3, 0.4) is 0 Å². The Morgan fingerprint density at radius 3 is 1.30 bits per heavy atom. The van der Waals surface area contributed by atoms with Gasteiger partial charge in [0.1, 0.15) is 0 Å². The summed E-state index contributed by atoms with van der Waals surface area (Å²) in [6, 6.07) is 44.4. The highest BCUT2D eigenvalue weighted by atomic mass is 31.1. The molecule has 0 heterocycles. The molecular formula is C31H32P2. The van der Waals surface area contributed by atoms with Crippen LogP contribution in [0, 0.1) is 5.92 Å². The van der Waals surface area contributed by atoms with Gasteiger partial charge in [-0.05, 0) is 67.0 Å². The number of hydrogen-bond donors (Lipinski definition) is 0. The minimum absolute atomic E-state index is 0.580. The van der Waals surface area contributed by atoms with Gasteiger partial charge < -0.3 is 0 Å². The van der Waals surface area contributed by atoms with Gasteiger partial charge in [-0.2, -0.15) is 0 Å². The fraction of sp³-hybridized carbons (Fsp3) is 0.161. The fourth-order valence-electron chi connectivity index (χ4n) is 3.93. The Morgan fingerprint density at radius 2 is 0.939 bits per heavy atom. The van der Waals surface area contributed by atoms with E-state index in [1.807, 2.05) is 0 Å². The van der Waals surface area contributed by atoms with Crippen molar-refractivity contribution in [2.45, 2.75) is 26.7 Å². The highest BCUT2D eigenvalue weighted by Crippen LogP contribution is 2.50. The molecule has 0 aliphatic rings. The number of rotatable bonds is 9. The predicted octanol–water partition coefficient (Wildman–Crippen LogP) is 7.53. The topological polar surface area (TPSA) is 0 Å². The van der Waals surface area contributed by atoms with E-state index in [-0.39, 0.29) is 0 Å². The first-order valence-corrected chi connectivity index (χ1v) is 14.5. The van der Waals surface area contributed by atoms with E-state index in [9.17, 15) is 0 Å². The zero-order valence-electron chi connectivity index (χ0n) is 19.5. The molecule has 0 N–H and O–H groups in total. The van der Waals surface area contributed by atoms with Crippen molar-refractivity contribution in [1.82, 2.24) is 0 Å². The van der Waals surface area contributed by atoms with E-state index in [1.165, 1.54) is 27.6 Å². The average molecular weight is 467 g/mol. The lowest BCUT2D eigenvalue weighted by Crippen LogP contribution is -2.15. The van der Waals surface area contributed by atoms with Crippen LogP contribution in [-0.4, -0.2) is 0 Å². The van der Waals surface area contributed by atoms with E-state index in [0.29, 0.717) is 5.92 Å². The quantitative estimate of drug-likeness (QED) is 0.224. The first-order valence-electron chi connectivity index (χ1n) is 11.7. The molecule has 0 amide bonds. The molecule has 0 atom stereocenters. The van der Waals surface area contributed by atoms with Crippen LogP contribution >= 0.6 is 15.8 Å². The zero-order valence-corrected chi connectivity index (χ0v) is 21.3. The Morgan fingerprint density at radius 1 is 0.576 bits per heavy atom. The van der Waals surface area contributed by atoms with E-state index < -0.39 is 15.8 Å². The molecule has 0 saturated heterocycles. The number of hydrogen-bond acceptors (Lipinski definition) is 0. The summed E-state index contributed by atoms with van der Waals surface area (Å²) in [7, 11) is -1.16. The molecule has 2 heteroatoms. The fourth-order valence-corrected chi connectivity index (χ4v) is 9.00. The van der Waals surface area contributed by atoms with E-state index in [4.69, 9.17) is 0 Å². The normalized spacial score (nSPS) is 12.0. The van der Waals surface area contributed by atoms with Gasteiger partial charge in [-0.15, -0.1) is 0 Å². The maximum atomic E-state index is 2.65. The lowest BCUT2D eigenvalue weighted by atomic mass is 10.1. The van der Waals surface area contributed by atoms with Crippen LogP contribution in [0.4, 0.5) is 0 Å². The van der Waals surface area contributed by atoms with Crippen molar-refractivity contribution in [2.75, 3.05) is 0 Å². The summed E-state index contributed by atoms with van der Waals surface area (Å²) in [5.74, 6) is 3.32. The molecule has 166 valence electrons. The van der Waals surface area contributed by atoms with Crippen molar-refractivity contribution in [3.63, 3.8) is 0 Å². The van der Waals surface area contributed by atoms with Crippen molar-refractivity contribution in [3.05, 3.63) is 132 Å². The van der Waals surface area contributed by atoms with Gasteiger partial charge in [0.15, 0.2) is 0 Å². The smallest absolute Gasteiger partial charge is 0.0154 e.